The van der Waals surface area contributed by atoms with Crippen LogP contribution in [0.4, 0.5) is 46.8 Å². The number of hydrogen-bond donors (Lipinski definition) is 5. The number of aryl methyl sites for hydroxylation is 2. The van der Waals surface area contributed by atoms with Gasteiger partial charge in [-0.2, -0.15) is 18.2 Å². The van der Waals surface area contributed by atoms with Crippen molar-refractivity contribution in [3.8, 4) is 0 Å². The summed E-state index contributed by atoms with van der Waals surface area (Å²) in [7, 11) is 0. The average molecular weight is 648 g/mol. The van der Waals surface area contributed by atoms with E-state index < -0.39 is 12.1 Å². The van der Waals surface area contributed by atoms with Crippen LogP contribution in [0.3, 0.4) is 0 Å². The van der Waals surface area contributed by atoms with Gasteiger partial charge in [0.1, 0.15) is 5.02 Å². The van der Waals surface area contributed by atoms with Crippen LogP contribution in [0.1, 0.15) is 37.3 Å². The van der Waals surface area contributed by atoms with E-state index in [1.807, 2.05) is 42.2 Å². The number of piperidine rings is 1. The SMILES string of the molecule is CCNC(=O)N1CCC(CC(=O)Nc2ccc3cc2CCc2cccc(c2)Nc2ncc(Cl)c(n2)N3)CC1.O=C(O)C(F)(F)F. The fourth-order valence-corrected chi connectivity index (χ4v) is 5.07. The van der Waals surface area contributed by atoms with E-state index in [2.05, 4.69) is 43.4 Å². The monoisotopic (exact) mass is 647 g/mol. The van der Waals surface area contributed by atoms with E-state index in [1.165, 1.54) is 0 Å². The molecular weight excluding hydrogens is 615 g/mol. The Balaban J connectivity index is 0.000000591. The molecule has 5 N–H and O–H groups in total. The summed E-state index contributed by atoms with van der Waals surface area (Å²) in [5.74, 6) is -1.55. The zero-order chi connectivity index (χ0) is 32.6. The molecule has 45 heavy (non-hydrogen) atoms. The first kappa shape index (κ1) is 33.3. The molecule has 0 unspecified atom stereocenters. The van der Waals surface area contributed by atoms with Crippen LogP contribution in [0.2, 0.25) is 5.02 Å². The lowest BCUT2D eigenvalue weighted by atomic mass is 9.93. The summed E-state index contributed by atoms with van der Waals surface area (Å²) in [5.41, 5.74) is 4.72. The van der Waals surface area contributed by atoms with E-state index in [0.29, 0.717) is 42.8 Å². The van der Waals surface area contributed by atoms with Crippen LogP contribution in [-0.4, -0.2) is 63.7 Å². The highest BCUT2D eigenvalue weighted by molar-refractivity contribution is 6.32. The molecule has 2 aliphatic heterocycles. The molecule has 3 aromatic rings. The standard InChI is InChI=1S/C28H32ClN7O2.C2HF3O2/c1-2-30-28(38)36-12-10-19(11-13-36)15-25(37)34-24-9-8-22-16-20(24)7-6-18-4-3-5-21(14-18)33-27-31-17-23(29)26(32-22)35-27;3-2(4,5)1(6)7/h3-5,8-9,14,16-17,19H,2,6-7,10-13,15H2,1H3,(H,30,38)(H,34,37)(H2,31,32,33,35);(H,6,7). The minimum absolute atomic E-state index is 0.00369. The van der Waals surface area contributed by atoms with Crippen molar-refractivity contribution in [3.05, 3.63) is 64.8 Å². The summed E-state index contributed by atoms with van der Waals surface area (Å²) >= 11 is 6.37. The first-order chi connectivity index (χ1) is 21.4. The van der Waals surface area contributed by atoms with Crippen molar-refractivity contribution >= 4 is 58.3 Å². The predicted molar refractivity (Wildman–Crippen MR) is 164 cm³/mol. The number of alkyl halides is 3. The minimum atomic E-state index is -5.08. The summed E-state index contributed by atoms with van der Waals surface area (Å²) in [4.78, 5) is 44.7. The maximum Gasteiger partial charge on any atom is 0.490 e. The molecule has 3 amide bonds. The number of nitrogens with one attached hydrogen (secondary N) is 4. The van der Waals surface area contributed by atoms with Crippen LogP contribution < -0.4 is 21.3 Å². The van der Waals surface area contributed by atoms with Crippen molar-refractivity contribution in [2.24, 2.45) is 5.92 Å². The first-order valence-corrected chi connectivity index (χ1v) is 14.7. The third-order valence-corrected chi connectivity index (χ3v) is 7.48. The van der Waals surface area contributed by atoms with Crippen molar-refractivity contribution in [3.63, 3.8) is 0 Å². The number of benzene rings is 2. The molecule has 0 atom stereocenters. The molecule has 0 aliphatic carbocycles. The Labute approximate surface area is 262 Å². The predicted octanol–water partition coefficient (Wildman–Crippen LogP) is 6.12. The highest BCUT2D eigenvalue weighted by Crippen LogP contribution is 2.30. The molecule has 240 valence electrons. The molecule has 1 aromatic heterocycles. The van der Waals surface area contributed by atoms with Crippen molar-refractivity contribution in [1.82, 2.24) is 20.2 Å². The topological polar surface area (TPSA) is 149 Å². The second-order valence-electron chi connectivity index (χ2n) is 10.5. The maximum atomic E-state index is 13.0. The third-order valence-electron chi connectivity index (χ3n) is 7.20. The highest BCUT2D eigenvalue weighted by atomic mass is 35.5. The van der Waals surface area contributed by atoms with Gasteiger partial charge in [0.2, 0.25) is 11.9 Å². The van der Waals surface area contributed by atoms with Crippen LogP contribution in [0.15, 0.2) is 48.7 Å². The van der Waals surface area contributed by atoms with Gasteiger partial charge in [-0.15, -0.1) is 0 Å². The van der Waals surface area contributed by atoms with Gasteiger partial charge in [0.05, 0.1) is 6.20 Å². The number of carboxylic acids is 1. The van der Waals surface area contributed by atoms with E-state index in [1.54, 1.807) is 6.20 Å². The Kier molecular flexibility index (Phi) is 11.0. The highest BCUT2D eigenvalue weighted by Gasteiger charge is 2.38. The Hall–Kier alpha value is -4.59. The molecule has 3 heterocycles. The molecule has 6 bridgehead atoms. The summed E-state index contributed by atoms with van der Waals surface area (Å²) < 4.78 is 31.7. The number of rotatable bonds is 4. The lowest BCUT2D eigenvalue weighted by molar-refractivity contribution is -0.192. The molecule has 5 rings (SSSR count). The lowest BCUT2D eigenvalue weighted by Crippen LogP contribution is -2.44. The van der Waals surface area contributed by atoms with Crippen molar-refractivity contribution in [2.75, 3.05) is 35.6 Å². The molecule has 1 fully saturated rings. The number of nitrogens with zero attached hydrogens (tertiary/aromatic N) is 3. The molecule has 15 heteroatoms. The molecular formula is C30H33ClF3N7O4. The zero-order valence-electron chi connectivity index (χ0n) is 24.4. The number of amides is 3. The lowest BCUT2D eigenvalue weighted by Gasteiger charge is -2.31. The number of halogens is 4. The number of carbonyl (C=O) groups is 3. The first-order valence-electron chi connectivity index (χ1n) is 14.3. The number of carbonyl (C=O) groups excluding carboxylic acids is 2. The van der Waals surface area contributed by atoms with Gasteiger partial charge >= 0.3 is 18.2 Å². The van der Waals surface area contributed by atoms with Crippen molar-refractivity contribution in [1.29, 1.82) is 0 Å². The van der Waals surface area contributed by atoms with Gasteiger partial charge in [0.15, 0.2) is 5.82 Å². The number of urea groups is 1. The maximum absolute atomic E-state index is 13.0. The van der Waals surface area contributed by atoms with Crippen LogP contribution >= 0.6 is 11.6 Å². The van der Waals surface area contributed by atoms with Gasteiger partial charge < -0.3 is 31.3 Å². The summed E-state index contributed by atoms with van der Waals surface area (Å²) in [6, 6.07) is 14.0. The molecule has 0 radical (unpaired) electrons. The number of aliphatic carboxylic acids is 1. The van der Waals surface area contributed by atoms with Crippen LogP contribution in [0.5, 0.6) is 0 Å². The van der Waals surface area contributed by atoms with Crippen molar-refractivity contribution in [2.45, 2.75) is 45.2 Å². The average Bonchev–Trinajstić information content (AvgIpc) is 2.99. The number of fused-ring (bicyclic) bond motifs is 6. The zero-order valence-corrected chi connectivity index (χ0v) is 25.1. The van der Waals surface area contributed by atoms with Gasteiger partial charge in [-0.25, -0.2) is 14.6 Å². The van der Waals surface area contributed by atoms with E-state index in [-0.39, 0.29) is 17.9 Å². The molecule has 11 nitrogen and oxygen atoms in total. The van der Waals surface area contributed by atoms with Crippen LogP contribution in [0, 0.1) is 5.92 Å². The Morgan fingerprint density at radius 1 is 1.07 bits per heavy atom. The van der Waals surface area contributed by atoms with E-state index in [9.17, 15) is 22.8 Å². The molecule has 2 aromatic carbocycles. The van der Waals surface area contributed by atoms with Gasteiger partial charge in [-0.05, 0) is 80.0 Å². The van der Waals surface area contributed by atoms with E-state index in [4.69, 9.17) is 21.5 Å². The fourth-order valence-electron chi connectivity index (χ4n) is 4.93. The second-order valence-corrected chi connectivity index (χ2v) is 10.9. The number of likely N-dealkylation sites (tertiary alicyclic amines) is 1. The van der Waals surface area contributed by atoms with Crippen LogP contribution in [-0.2, 0) is 22.4 Å². The number of carboxylic acid groups (broad SMARTS) is 1. The smallest absolute Gasteiger partial charge is 0.475 e. The second kappa shape index (κ2) is 14.9. The normalized spacial score (nSPS) is 14.6. The molecule has 0 saturated carbocycles. The van der Waals surface area contributed by atoms with Gasteiger partial charge in [0, 0.05) is 43.1 Å². The Bertz CT molecular complexity index is 1530. The fraction of sp³-hybridized carbons (Fsp3) is 0.367. The Morgan fingerprint density at radius 2 is 1.78 bits per heavy atom. The molecule has 0 spiro atoms. The largest absolute Gasteiger partial charge is 0.490 e. The number of hydrogen-bond acceptors (Lipinski definition) is 7. The summed E-state index contributed by atoms with van der Waals surface area (Å²) in [6.45, 7) is 3.89. The van der Waals surface area contributed by atoms with Gasteiger partial charge in [0.25, 0.3) is 0 Å². The quantitative estimate of drug-likeness (QED) is 0.228. The number of anilines is 5. The van der Waals surface area contributed by atoms with Gasteiger partial charge in [-0.1, -0.05) is 23.7 Å². The van der Waals surface area contributed by atoms with E-state index in [0.717, 1.165) is 53.9 Å². The van der Waals surface area contributed by atoms with Crippen LogP contribution in [0.25, 0.3) is 0 Å². The third kappa shape index (κ3) is 9.70. The van der Waals surface area contributed by atoms with Gasteiger partial charge in [-0.3, -0.25) is 4.79 Å². The molecule has 2 aliphatic rings. The molecule has 1 saturated heterocycles. The Morgan fingerprint density at radius 3 is 2.47 bits per heavy atom. The van der Waals surface area contributed by atoms with E-state index >= 15 is 0 Å². The minimum Gasteiger partial charge on any atom is -0.475 e. The summed E-state index contributed by atoms with van der Waals surface area (Å²) in [6.07, 6.45) is 0.128. The summed E-state index contributed by atoms with van der Waals surface area (Å²) in [5, 5.41) is 20.1. The number of aromatic nitrogens is 2. The van der Waals surface area contributed by atoms with Crippen molar-refractivity contribution < 1.29 is 32.7 Å².